The number of hydrogen-bond acceptors (Lipinski definition) is 9. The van der Waals surface area contributed by atoms with Gasteiger partial charge < -0.3 is 30.1 Å². The number of benzene rings is 1. The molecule has 7 rings (SSSR count). The fourth-order valence-corrected chi connectivity index (χ4v) is 8.36. The predicted octanol–water partition coefficient (Wildman–Crippen LogP) is 5.61. The third kappa shape index (κ3) is 6.79. The number of nitrogens with one attached hydrogen (secondary N) is 2. The molecule has 3 N–H and O–H groups in total. The van der Waals surface area contributed by atoms with E-state index in [2.05, 4.69) is 10.6 Å². The molecule has 13 heteroatoms. The van der Waals surface area contributed by atoms with Crippen molar-refractivity contribution in [2.75, 3.05) is 6.54 Å². The molecule has 2 saturated carbocycles. The van der Waals surface area contributed by atoms with E-state index in [0.717, 1.165) is 49.8 Å². The number of aromatic nitrogens is 2. The average Bonchev–Trinajstić information content (AvgIpc) is 3.69. The van der Waals surface area contributed by atoms with Crippen LogP contribution in [0.4, 0.5) is 4.79 Å². The van der Waals surface area contributed by atoms with Gasteiger partial charge in [0.15, 0.2) is 0 Å². The Kier molecular flexibility index (Phi) is 9.51. The molecule has 1 aromatic carbocycles. The van der Waals surface area contributed by atoms with Crippen LogP contribution in [0.2, 0.25) is 0 Å². The average molecular weight is 702 g/mol. The van der Waals surface area contributed by atoms with Gasteiger partial charge in [0, 0.05) is 11.8 Å². The van der Waals surface area contributed by atoms with E-state index in [1.54, 1.807) is 0 Å². The Morgan fingerprint density at radius 2 is 1.76 bits per heavy atom. The van der Waals surface area contributed by atoms with Gasteiger partial charge in [-0.15, -0.1) is 11.3 Å². The summed E-state index contributed by atoms with van der Waals surface area (Å²) in [6.07, 6.45) is 9.75. The number of carbonyl (C=O) groups is 4. The lowest BCUT2D eigenvalue weighted by molar-refractivity contribution is -0.146. The Labute approximate surface area is 294 Å². The predicted molar refractivity (Wildman–Crippen MR) is 187 cm³/mol. The Bertz CT molecular complexity index is 1790. The number of carbonyl (C=O) groups excluding carboxylic acids is 3. The maximum atomic E-state index is 14.4. The molecule has 50 heavy (non-hydrogen) atoms. The van der Waals surface area contributed by atoms with Crippen LogP contribution in [0.25, 0.3) is 21.6 Å². The molecule has 3 fully saturated rings. The molecule has 1 saturated heterocycles. The highest BCUT2D eigenvalue weighted by Gasteiger charge is 2.70. The van der Waals surface area contributed by atoms with Crippen LogP contribution in [0.5, 0.6) is 5.88 Å². The summed E-state index contributed by atoms with van der Waals surface area (Å²) in [5.74, 6) is -1.84. The first kappa shape index (κ1) is 34.0. The number of allylic oxidation sites excluding steroid dienone is 1. The lowest BCUT2D eigenvalue weighted by Gasteiger charge is -2.30. The minimum Gasteiger partial charge on any atom is -0.479 e. The second-order valence-electron chi connectivity index (χ2n) is 14.2. The van der Waals surface area contributed by atoms with E-state index >= 15 is 0 Å². The number of amides is 3. The van der Waals surface area contributed by atoms with Gasteiger partial charge in [0.25, 0.3) is 0 Å². The summed E-state index contributed by atoms with van der Waals surface area (Å²) in [6.45, 7) is 1.86. The van der Waals surface area contributed by atoms with Crippen LogP contribution in [0.1, 0.15) is 77.6 Å². The molecule has 3 aromatic rings. The second kappa shape index (κ2) is 14.0. The molecule has 0 bridgehead atoms. The van der Waals surface area contributed by atoms with Crippen molar-refractivity contribution in [3.63, 3.8) is 0 Å². The van der Waals surface area contributed by atoms with Gasteiger partial charge in [-0.2, -0.15) is 0 Å². The normalized spacial score (nSPS) is 29.6. The van der Waals surface area contributed by atoms with Gasteiger partial charge in [0.1, 0.15) is 35.5 Å². The lowest BCUT2D eigenvalue weighted by atomic mass is 9.99. The molecule has 264 valence electrons. The van der Waals surface area contributed by atoms with Gasteiger partial charge in [-0.25, -0.2) is 19.6 Å². The Morgan fingerprint density at radius 1 is 1.00 bits per heavy atom. The van der Waals surface area contributed by atoms with E-state index in [4.69, 9.17) is 19.4 Å². The van der Waals surface area contributed by atoms with Crippen LogP contribution in [0.3, 0.4) is 0 Å². The van der Waals surface area contributed by atoms with E-state index in [1.165, 1.54) is 16.2 Å². The number of rotatable bonds is 6. The van der Waals surface area contributed by atoms with Gasteiger partial charge in [-0.3, -0.25) is 9.59 Å². The Hall–Kier alpha value is -4.52. The van der Waals surface area contributed by atoms with Crippen molar-refractivity contribution >= 4 is 46.2 Å². The molecular weight excluding hydrogens is 659 g/mol. The maximum absolute atomic E-state index is 14.4. The molecule has 12 nitrogen and oxygen atoms in total. The van der Waals surface area contributed by atoms with Crippen molar-refractivity contribution in [1.29, 1.82) is 0 Å². The summed E-state index contributed by atoms with van der Waals surface area (Å²) in [6, 6.07) is 9.35. The summed E-state index contributed by atoms with van der Waals surface area (Å²) < 4.78 is 12.2. The van der Waals surface area contributed by atoms with Crippen molar-refractivity contribution in [3.8, 4) is 16.5 Å². The fourth-order valence-electron chi connectivity index (χ4n) is 7.66. The van der Waals surface area contributed by atoms with E-state index in [-0.39, 0.29) is 31.4 Å². The minimum absolute atomic E-state index is 0.0302. The first-order valence-corrected chi connectivity index (χ1v) is 18.5. The lowest BCUT2D eigenvalue weighted by Crippen LogP contribution is -2.57. The molecule has 0 spiro atoms. The monoisotopic (exact) mass is 701 g/mol. The molecule has 2 aromatic heterocycles. The molecule has 0 radical (unpaired) electrons. The standard InChI is InChI=1S/C37H43N5O7S/c1-36-18-10-4-2-3-5-16-27(40-35(47)49-23-12-6-7-13-23)33(44)42-21-24(20-28(42)31(43)41-37(36,22-36)34(45)46)48-32-30(29-17-11-19-50-29)38-25-14-8-9-15-26(25)39-32/h8-11,14-15,17-19,23-24,27-28H,2-7,12-13,16,20-22H2,1H3,(H,40,47)(H,41,43)(H,45,46)/b18-10-/t24-,27+,28-,36?,37+/m0/s1. The molecule has 4 aliphatic rings. The zero-order valence-electron chi connectivity index (χ0n) is 28.1. The number of para-hydroxylation sites is 2. The smallest absolute Gasteiger partial charge is 0.408 e. The summed E-state index contributed by atoms with van der Waals surface area (Å²) in [4.78, 5) is 66.3. The first-order valence-electron chi connectivity index (χ1n) is 17.6. The van der Waals surface area contributed by atoms with Crippen LogP contribution in [0, 0.1) is 5.41 Å². The summed E-state index contributed by atoms with van der Waals surface area (Å²) >= 11 is 1.50. The molecule has 4 heterocycles. The Morgan fingerprint density at radius 3 is 2.50 bits per heavy atom. The number of carboxylic acid groups (broad SMARTS) is 1. The van der Waals surface area contributed by atoms with Gasteiger partial charge in [0.2, 0.25) is 17.7 Å². The van der Waals surface area contributed by atoms with Crippen LogP contribution in [0.15, 0.2) is 53.9 Å². The molecule has 2 aliphatic carbocycles. The number of fused-ring (bicyclic) bond motifs is 3. The number of carboxylic acids is 1. The highest BCUT2D eigenvalue weighted by Crippen LogP contribution is 2.57. The molecular formula is C37H43N5O7S. The van der Waals surface area contributed by atoms with Gasteiger partial charge in [-0.05, 0) is 74.9 Å². The van der Waals surface area contributed by atoms with Gasteiger partial charge in [0.05, 0.1) is 22.5 Å². The van der Waals surface area contributed by atoms with Crippen molar-refractivity contribution in [2.24, 2.45) is 5.41 Å². The molecule has 3 amide bonds. The molecule has 1 unspecified atom stereocenters. The number of aliphatic carboxylic acids is 1. The van der Waals surface area contributed by atoms with E-state index in [9.17, 15) is 24.3 Å². The highest BCUT2D eigenvalue weighted by molar-refractivity contribution is 7.13. The largest absolute Gasteiger partial charge is 0.479 e. The van der Waals surface area contributed by atoms with Gasteiger partial charge >= 0.3 is 12.1 Å². The topological polar surface area (TPSA) is 160 Å². The molecule has 2 aliphatic heterocycles. The van der Waals surface area contributed by atoms with Gasteiger partial charge in [-0.1, -0.05) is 50.1 Å². The number of hydrogen-bond donors (Lipinski definition) is 3. The third-order valence-corrected chi connectivity index (χ3v) is 11.5. The third-order valence-electron chi connectivity index (χ3n) is 10.6. The van der Waals surface area contributed by atoms with Crippen LogP contribution < -0.4 is 15.4 Å². The molecule has 5 atom stereocenters. The quantitative estimate of drug-likeness (QED) is 0.278. The van der Waals surface area contributed by atoms with Crippen molar-refractivity contribution in [3.05, 3.63) is 53.9 Å². The van der Waals surface area contributed by atoms with Crippen LogP contribution in [-0.4, -0.2) is 80.2 Å². The number of nitrogens with zero attached hydrogens (tertiary/aromatic N) is 3. The van der Waals surface area contributed by atoms with E-state index in [0.29, 0.717) is 29.6 Å². The summed E-state index contributed by atoms with van der Waals surface area (Å²) in [5.41, 5.74) is -0.358. The first-order chi connectivity index (χ1) is 24.2. The SMILES string of the molecule is CC12/C=C\CCCCC[C@@H](NC(=O)OC3CCCC3)C(=O)N3C[C@@H](Oc4nc5ccccc5nc4-c4cccs4)C[C@H]3C(=O)N[C@@]1(C(=O)O)C2. The zero-order chi connectivity index (χ0) is 34.9. The number of thiophene rings is 1. The highest BCUT2D eigenvalue weighted by atomic mass is 32.1. The summed E-state index contributed by atoms with van der Waals surface area (Å²) in [5, 5.41) is 17.9. The number of ether oxygens (including phenoxy) is 2. The van der Waals surface area contributed by atoms with Crippen molar-refractivity contribution < 1.29 is 33.8 Å². The Balaban J connectivity index is 1.20. The van der Waals surface area contributed by atoms with Crippen LogP contribution in [-0.2, 0) is 19.1 Å². The number of alkyl carbamates (subject to hydrolysis) is 1. The minimum atomic E-state index is -1.49. The fraction of sp³-hybridized carbons (Fsp3) is 0.514. The summed E-state index contributed by atoms with van der Waals surface area (Å²) in [7, 11) is 0. The maximum Gasteiger partial charge on any atom is 0.408 e. The van der Waals surface area contributed by atoms with Crippen molar-refractivity contribution in [2.45, 2.75) is 107 Å². The zero-order valence-corrected chi connectivity index (χ0v) is 29.0. The van der Waals surface area contributed by atoms with E-state index in [1.807, 2.05) is 60.9 Å². The van der Waals surface area contributed by atoms with E-state index < -0.39 is 53.0 Å². The second-order valence-corrected chi connectivity index (χ2v) is 15.1. The van der Waals surface area contributed by atoms with Crippen LogP contribution >= 0.6 is 11.3 Å². The van der Waals surface area contributed by atoms with Crippen molar-refractivity contribution in [1.82, 2.24) is 25.5 Å².